The van der Waals surface area contributed by atoms with Gasteiger partial charge in [0.2, 0.25) is 5.78 Å². The average molecular weight is 364 g/mol. The number of allylic oxidation sites excluding steroid dienone is 2. The Balaban J connectivity index is 2.38. The fraction of sp³-hybridized carbons (Fsp3) is 0.261. The molecule has 2 N–H and O–H groups in total. The summed E-state index contributed by atoms with van der Waals surface area (Å²) in [4.78, 5) is 13.2. The predicted molar refractivity (Wildman–Crippen MR) is 107 cm³/mol. The SMILES string of the molecule is CC(C)=C(C)c1c(O)c2c(c(C(=O)c3ccccc3)c1O)OC(C)(C)C=C2. The van der Waals surface area contributed by atoms with Gasteiger partial charge in [-0.2, -0.15) is 0 Å². The van der Waals surface area contributed by atoms with Crippen LogP contribution in [0.4, 0.5) is 0 Å². The zero-order chi connectivity index (χ0) is 19.9. The van der Waals surface area contributed by atoms with E-state index in [4.69, 9.17) is 4.74 Å². The molecule has 4 heteroatoms. The maximum atomic E-state index is 13.2. The number of hydrogen-bond acceptors (Lipinski definition) is 4. The number of fused-ring (bicyclic) bond motifs is 1. The lowest BCUT2D eigenvalue weighted by Gasteiger charge is -2.31. The number of ketones is 1. The minimum atomic E-state index is -0.662. The van der Waals surface area contributed by atoms with Gasteiger partial charge in [-0.05, 0) is 52.3 Å². The van der Waals surface area contributed by atoms with Gasteiger partial charge in [-0.15, -0.1) is 0 Å². The van der Waals surface area contributed by atoms with E-state index in [1.807, 2.05) is 46.8 Å². The van der Waals surface area contributed by atoms with Crippen LogP contribution < -0.4 is 4.74 Å². The molecule has 1 aliphatic rings. The Bertz CT molecular complexity index is 975. The second-order valence-electron chi connectivity index (χ2n) is 7.55. The van der Waals surface area contributed by atoms with E-state index in [1.165, 1.54) is 0 Å². The third-order valence-electron chi connectivity index (χ3n) is 4.84. The van der Waals surface area contributed by atoms with Crippen LogP contribution in [0.3, 0.4) is 0 Å². The molecule has 1 aliphatic heterocycles. The van der Waals surface area contributed by atoms with Crippen molar-refractivity contribution < 1.29 is 19.7 Å². The molecule has 2 aromatic carbocycles. The molecule has 2 aromatic rings. The van der Waals surface area contributed by atoms with Crippen LogP contribution in [-0.2, 0) is 0 Å². The predicted octanol–water partition coefficient (Wildman–Crippen LogP) is 5.33. The summed E-state index contributed by atoms with van der Waals surface area (Å²) in [6, 6.07) is 8.74. The number of phenolic OH excluding ortho intramolecular Hbond substituents is 2. The molecule has 0 radical (unpaired) electrons. The third-order valence-corrected chi connectivity index (χ3v) is 4.84. The van der Waals surface area contributed by atoms with Crippen molar-refractivity contribution in [3.63, 3.8) is 0 Å². The summed E-state index contributed by atoms with van der Waals surface area (Å²) < 4.78 is 6.01. The second kappa shape index (κ2) is 6.62. The molecule has 0 bridgehead atoms. The zero-order valence-corrected chi connectivity index (χ0v) is 16.3. The zero-order valence-electron chi connectivity index (χ0n) is 16.3. The molecule has 0 fully saturated rings. The minimum Gasteiger partial charge on any atom is -0.506 e. The molecule has 0 atom stereocenters. The summed E-state index contributed by atoms with van der Waals surface area (Å²) in [5.41, 5.74) is 2.17. The Morgan fingerprint density at radius 3 is 2.19 bits per heavy atom. The molecule has 4 nitrogen and oxygen atoms in total. The highest BCUT2D eigenvalue weighted by Gasteiger charge is 2.34. The normalized spacial score (nSPS) is 14.3. The number of carbonyl (C=O) groups excluding carboxylic acids is 1. The van der Waals surface area contributed by atoms with Gasteiger partial charge < -0.3 is 14.9 Å². The van der Waals surface area contributed by atoms with Crippen LogP contribution in [0, 0.1) is 0 Å². The third kappa shape index (κ3) is 3.23. The van der Waals surface area contributed by atoms with E-state index in [2.05, 4.69) is 0 Å². The maximum absolute atomic E-state index is 13.2. The van der Waals surface area contributed by atoms with Crippen LogP contribution in [0.1, 0.15) is 61.7 Å². The Hall–Kier alpha value is -3.01. The highest BCUT2D eigenvalue weighted by atomic mass is 16.5. The number of hydrogen-bond donors (Lipinski definition) is 2. The molecule has 0 aromatic heterocycles. The number of aromatic hydroxyl groups is 2. The highest BCUT2D eigenvalue weighted by Crippen LogP contribution is 2.50. The van der Waals surface area contributed by atoms with E-state index >= 15 is 0 Å². The van der Waals surface area contributed by atoms with E-state index in [-0.39, 0.29) is 34.2 Å². The van der Waals surface area contributed by atoms with Crippen LogP contribution in [0.5, 0.6) is 17.2 Å². The largest absolute Gasteiger partial charge is 0.506 e. The fourth-order valence-corrected chi connectivity index (χ4v) is 3.11. The Morgan fingerprint density at radius 1 is 0.963 bits per heavy atom. The van der Waals surface area contributed by atoms with Crippen LogP contribution in [0.15, 0.2) is 42.0 Å². The molecule has 1 heterocycles. The molecular weight excluding hydrogens is 340 g/mol. The lowest BCUT2D eigenvalue weighted by Crippen LogP contribution is -2.29. The van der Waals surface area contributed by atoms with Crippen LogP contribution in [0.25, 0.3) is 11.6 Å². The molecule has 0 aliphatic carbocycles. The molecule has 3 rings (SSSR count). The highest BCUT2D eigenvalue weighted by molar-refractivity contribution is 6.14. The Kier molecular flexibility index (Phi) is 4.60. The molecular formula is C23H24O4. The van der Waals surface area contributed by atoms with Gasteiger partial charge in [-0.3, -0.25) is 4.79 Å². The number of phenols is 2. The van der Waals surface area contributed by atoms with E-state index in [0.717, 1.165) is 5.57 Å². The van der Waals surface area contributed by atoms with Crippen molar-refractivity contribution in [1.82, 2.24) is 0 Å². The van der Waals surface area contributed by atoms with Crippen molar-refractivity contribution in [2.45, 2.75) is 40.2 Å². The lowest BCUT2D eigenvalue weighted by atomic mass is 9.88. The molecule has 0 amide bonds. The molecule has 0 spiro atoms. The van der Waals surface area contributed by atoms with Crippen LogP contribution in [-0.4, -0.2) is 21.6 Å². The summed E-state index contributed by atoms with van der Waals surface area (Å²) in [6.07, 6.45) is 3.57. The van der Waals surface area contributed by atoms with Crippen molar-refractivity contribution in [3.8, 4) is 17.2 Å². The molecule has 0 saturated heterocycles. The van der Waals surface area contributed by atoms with Gasteiger partial charge in [0.15, 0.2) is 0 Å². The van der Waals surface area contributed by atoms with Crippen molar-refractivity contribution in [3.05, 3.63) is 64.2 Å². The first-order chi connectivity index (χ1) is 12.6. The van der Waals surface area contributed by atoms with Gasteiger partial charge in [0.1, 0.15) is 28.4 Å². The van der Waals surface area contributed by atoms with Gasteiger partial charge in [0.25, 0.3) is 0 Å². The first kappa shape index (κ1) is 18.8. The van der Waals surface area contributed by atoms with E-state index in [0.29, 0.717) is 16.7 Å². The first-order valence-electron chi connectivity index (χ1n) is 8.88. The van der Waals surface area contributed by atoms with E-state index in [9.17, 15) is 15.0 Å². The van der Waals surface area contributed by atoms with Crippen molar-refractivity contribution in [2.75, 3.05) is 0 Å². The quantitative estimate of drug-likeness (QED) is 0.723. The summed E-state index contributed by atoms with van der Waals surface area (Å²) in [5, 5.41) is 21.9. The smallest absolute Gasteiger partial charge is 0.200 e. The number of rotatable bonds is 3. The summed E-state index contributed by atoms with van der Waals surface area (Å²) in [6.45, 7) is 9.30. The van der Waals surface area contributed by atoms with Crippen LogP contribution in [0.2, 0.25) is 0 Å². The van der Waals surface area contributed by atoms with E-state index < -0.39 is 5.60 Å². The minimum absolute atomic E-state index is 0.0713. The van der Waals surface area contributed by atoms with Crippen LogP contribution >= 0.6 is 0 Å². The average Bonchev–Trinajstić information content (AvgIpc) is 2.61. The molecule has 27 heavy (non-hydrogen) atoms. The van der Waals surface area contributed by atoms with Crippen molar-refractivity contribution >= 4 is 17.4 Å². The molecule has 140 valence electrons. The van der Waals surface area contributed by atoms with Gasteiger partial charge in [0, 0.05) is 5.56 Å². The molecule has 0 saturated carbocycles. The standard InChI is InChI=1S/C23H24O4/c1-13(2)14(3)17-20(25)16-11-12-23(4,5)27-22(16)18(21(17)26)19(24)15-9-7-6-8-10-15/h6-12,25-26H,1-5H3. The number of ether oxygens (including phenoxy) is 1. The lowest BCUT2D eigenvalue weighted by molar-refractivity contribution is 0.102. The second-order valence-corrected chi connectivity index (χ2v) is 7.55. The summed E-state index contributed by atoms with van der Waals surface area (Å²) in [7, 11) is 0. The van der Waals surface area contributed by atoms with Gasteiger partial charge in [0.05, 0.1) is 11.1 Å². The van der Waals surface area contributed by atoms with Gasteiger partial charge in [-0.25, -0.2) is 0 Å². The monoisotopic (exact) mass is 364 g/mol. The number of benzene rings is 2. The van der Waals surface area contributed by atoms with Crippen molar-refractivity contribution in [1.29, 1.82) is 0 Å². The Labute approximate surface area is 159 Å². The van der Waals surface area contributed by atoms with Gasteiger partial charge >= 0.3 is 0 Å². The van der Waals surface area contributed by atoms with Crippen molar-refractivity contribution in [2.24, 2.45) is 0 Å². The van der Waals surface area contributed by atoms with E-state index in [1.54, 1.807) is 30.3 Å². The first-order valence-corrected chi connectivity index (χ1v) is 8.88. The summed E-state index contributed by atoms with van der Waals surface area (Å²) >= 11 is 0. The number of carbonyl (C=O) groups is 1. The fourth-order valence-electron chi connectivity index (χ4n) is 3.11. The molecule has 0 unspecified atom stereocenters. The Morgan fingerprint density at radius 2 is 1.59 bits per heavy atom. The topological polar surface area (TPSA) is 66.8 Å². The maximum Gasteiger partial charge on any atom is 0.200 e. The summed E-state index contributed by atoms with van der Waals surface area (Å²) in [5.74, 6) is -0.489. The van der Waals surface area contributed by atoms with Gasteiger partial charge in [-0.1, -0.05) is 35.9 Å².